The summed E-state index contributed by atoms with van der Waals surface area (Å²) in [5.41, 5.74) is 5.80. The van der Waals surface area contributed by atoms with Crippen LogP contribution >= 0.6 is 0 Å². The van der Waals surface area contributed by atoms with Crippen LogP contribution in [0.15, 0.2) is 0 Å². The minimum atomic E-state index is -3.48. The first-order valence-corrected chi connectivity index (χ1v) is 9.70. The molecule has 2 N–H and O–H groups in total. The second-order valence-corrected chi connectivity index (χ2v) is 9.41. The Bertz CT molecular complexity index is 470. The van der Waals surface area contributed by atoms with Crippen LogP contribution in [0.5, 0.6) is 0 Å². The minimum absolute atomic E-state index is 0.0436. The quantitative estimate of drug-likeness (QED) is 0.732. The average Bonchev–Trinajstić information content (AvgIpc) is 2.26. The molecule has 18 heavy (non-hydrogen) atoms. The van der Waals surface area contributed by atoms with Crippen LogP contribution in [0, 0.1) is 5.92 Å². The van der Waals surface area contributed by atoms with E-state index in [1.165, 1.54) is 4.31 Å². The minimum Gasteiger partial charge on any atom is -0.328 e. The van der Waals surface area contributed by atoms with Gasteiger partial charge in [0, 0.05) is 25.4 Å². The summed E-state index contributed by atoms with van der Waals surface area (Å²) < 4.78 is 47.5. The SMILES string of the molecule is CC(N)C1CCCN(S(=O)(=O)CCS(C)(=O)=O)C1. The molecule has 108 valence electrons. The average molecular weight is 298 g/mol. The van der Waals surface area contributed by atoms with Gasteiger partial charge in [0.05, 0.1) is 11.5 Å². The molecule has 2 atom stereocenters. The Morgan fingerprint density at radius 1 is 1.28 bits per heavy atom. The summed E-state index contributed by atoms with van der Waals surface area (Å²) in [7, 11) is -6.74. The summed E-state index contributed by atoms with van der Waals surface area (Å²) in [4.78, 5) is 0. The van der Waals surface area contributed by atoms with Crippen molar-refractivity contribution in [3.63, 3.8) is 0 Å². The van der Waals surface area contributed by atoms with Crippen molar-refractivity contribution in [1.29, 1.82) is 0 Å². The largest absolute Gasteiger partial charge is 0.328 e. The molecule has 0 radical (unpaired) electrons. The molecular weight excluding hydrogens is 276 g/mol. The van der Waals surface area contributed by atoms with Crippen LogP contribution in [0.25, 0.3) is 0 Å². The number of nitrogens with zero attached hydrogens (tertiary/aromatic N) is 1. The van der Waals surface area contributed by atoms with Gasteiger partial charge in [-0.25, -0.2) is 21.1 Å². The summed E-state index contributed by atoms with van der Waals surface area (Å²) in [6.07, 6.45) is 2.75. The van der Waals surface area contributed by atoms with E-state index in [0.29, 0.717) is 13.1 Å². The summed E-state index contributed by atoms with van der Waals surface area (Å²) >= 11 is 0. The molecule has 0 aromatic rings. The van der Waals surface area contributed by atoms with Crippen LogP contribution in [0.3, 0.4) is 0 Å². The van der Waals surface area contributed by atoms with Gasteiger partial charge in [0.2, 0.25) is 10.0 Å². The topological polar surface area (TPSA) is 97.5 Å². The number of hydrogen-bond acceptors (Lipinski definition) is 5. The van der Waals surface area contributed by atoms with Gasteiger partial charge in [-0.05, 0) is 25.7 Å². The van der Waals surface area contributed by atoms with Crippen molar-refractivity contribution >= 4 is 19.9 Å². The monoisotopic (exact) mass is 298 g/mol. The zero-order valence-corrected chi connectivity index (χ0v) is 12.5. The van der Waals surface area contributed by atoms with Gasteiger partial charge in [0.1, 0.15) is 9.84 Å². The highest BCUT2D eigenvalue weighted by atomic mass is 32.2. The fourth-order valence-corrected chi connectivity index (χ4v) is 5.18. The summed E-state index contributed by atoms with van der Waals surface area (Å²) in [6, 6.07) is -0.0436. The van der Waals surface area contributed by atoms with E-state index in [1.54, 1.807) is 0 Å². The van der Waals surface area contributed by atoms with Gasteiger partial charge in [-0.1, -0.05) is 0 Å². The molecule has 1 rings (SSSR count). The van der Waals surface area contributed by atoms with Crippen LogP contribution in [0.2, 0.25) is 0 Å². The molecule has 1 saturated heterocycles. The van der Waals surface area contributed by atoms with Gasteiger partial charge in [0.25, 0.3) is 0 Å². The van der Waals surface area contributed by atoms with Crippen LogP contribution in [-0.4, -0.2) is 58.0 Å². The predicted octanol–water partition coefficient (Wildman–Crippen LogP) is -0.580. The smallest absolute Gasteiger partial charge is 0.215 e. The van der Waals surface area contributed by atoms with Gasteiger partial charge >= 0.3 is 0 Å². The first-order chi connectivity index (χ1) is 8.12. The molecule has 0 saturated carbocycles. The highest BCUT2D eigenvalue weighted by molar-refractivity contribution is 7.93. The first-order valence-electron chi connectivity index (χ1n) is 6.03. The van der Waals surface area contributed by atoms with Gasteiger partial charge in [-0.15, -0.1) is 0 Å². The molecule has 1 aliphatic heterocycles. The standard InChI is InChI=1S/C10H22N2O4S2/c1-9(11)10-4-3-5-12(8-10)18(15,16)7-6-17(2,13)14/h9-10H,3-8,11H2,1-2H3. The van der Waals surface area contributed by atoms with Gasteiger partial charge in [-0.3, -0.25) is 0 Å². The van der Waals surface area contributed by atoms with Crippen molar-refractivity contribution in [3.8, 4) is 0 Å². The Kier molecular flexibility index (Phi) is 5.16. The molecule has 0 aliphatic carbocycles. The molecule has 1 fully saturated rings. The Morgan fingerprint density at radius 2 is 1.89 bits per heavy atom. The molecule has 1 aliphatic rings. The third-order valence-corrected chi connectivity index (χ3v) is 6.31. The number of sulfone groups is 1. The molecule has 0 spiro atoms. The van der Waals surface area contributed by atoms with E-state index < -0.39 is 19.9 Å². The van der Waals surface area contributed by atoms with E-state index in [-0.39, 0.29) is 23.5 Å². The summed E-state index contributed by atoms with van der Waals surface area (Å²) in [5.74, 6) is -0.501. The third-order valence-electron chi connectivity index (χ3n) is 3.27. The Balaban J connectivity index is 2.67. The second kappa shape index (κ2) is 5.85. The first kappa shape index (κ1) is 15.9. The number of sulfonamides is 1. The Morgan fingerprint density at radius 3 is 2.39 bits per heavy atom. The van der Waals surface area contributed by atoms with E-state index in [0.717, 1.165) is 19.1 Å². The van der Waals surface area contributed by atoms with Gasteiger partial charge in [-0.2, -0.15) is 0 Å². The van der Waals surface area contributed by atoms with Crippen molar-refractivity contribution in [1.82, 2.24) is 4.31 Å². The Hall–Kier alpha value is -0.180. The van der Waals surface area contributed by atoms with Crippen molar-refractivity contribution in [2.45, 2.75) is 25.8 Å². The van der Waals surface area contributed by atoms with E-state index in [9.17, 15) is 16.8 Å². The van der Waals surface area contributed by atoms with E-state index in [1.807, 2.05) is 6.92 Å². The number of piperidine rings is 1. The predicted molar refractivity (Wildman–Crippen MR) is 71.4 cm³/mol. The maximum atomic E-state index is 12.0. The summed E-state index contributed by atoms with van der Waals surface area (Å²) in [5, 5.41) is 0. The van der Waals surface area contributed by atoms with Crippen molar-refractivity contribution in [3.05, 3.63) is 0 Å². The normalized spacial score (nSPS) is 24.9. The number of rotatable bonds is 5. The molecule has 0 aromatic heterocycles. The maximum Gasteiger partial charge on any atom is 0.215 e. The van der Waals surface area contributed by atoms with Crippen molar-refractivity contribution in [2.24, 2.45) is 11.7 Å². The number of nitrogens with two attached hydrogens (primary N) is 1. The molecule has 2 unspecified atom stereocenters. The molecule has 0 bridgehead atoms. The fourth-order valence-electron chi connectivity index (χ4n) is 2.04. The third kappa shape index (κ3) is 4.83. The van der Waals surface area contributed by atoms with Gasteiger partial charge < -0.3 is 5.73 Å². The zero-order chi connectivity index (χ0) is 14.0. The van der Waals surface area contributed by atoms with E-state index in [4.69, 9.17) is 5.73 Å². The molecule has 8 heteroatoms. The molecular formula is C10H22N2O4S2. The lowest BCUT2D eigenvalue weighted by Gasteiger charge is -2.33. The van der Waals surface area contributed by atoms with Crippen LogP contribution < -0.4 is 5.73 Å². The second-order valence-electron chi connectivity index (χ2n) is 5.07. The molecule has 0 amide bonds. The lowest BCUT2D eigenvalue weighted by Crippen LogP contribution is -2.46. The highest BCUT2D eigenvalue weighted by Crippen LogP contribution is 2.21. The highest BCUT2D eigenvalue weighted by Gasteiger charge is 2.30. The molecule has 0 aromatic carbocycles. The lowest BCUT2D eigenvalue weighted by atomic mass is 9.93. The van der Waals surface area contributed by atoms with E-state index in [2.05, 4.69) is 0 Å². The van der Waals surface area contributed by atoms with E-state index >= 15 is 0 Å². The zero-order valence-electron chi connectivity index (χ0n) is 10.9. The van der Waals surface area contributed by atoms with Crippen LogP contribution in [-0.2, 0) is 19.9 Å². The molecule has 6 nitrogen and oxygen atoms in total. The van der Waals surface area contributed by atoms with Crippen molar-refractivity contribution < 1.29 is 16.8 Å². The molecule has 1 heterocycles. The maximum absolute atomic E-state index is 12.0. The number of hydrogen-bond donors (Lipinski definition) is 1. The fraction of sp³-hybridized carbons (Fsp3) is 1.00. The van der Waals surface area contributed by atoms with Gasteiger partial charge in [0.15, 0.2) is 0 Å². The van der Waals surface area contributed by atoms with Crippen molar-refractivity contribution in [2.75, 3.05) is 30.9 Å². The van der Waals surface area contributed by atoms with Crippen LogP contribution in [0.1, 0.15) is 19.8 Å². The van der Waals surface area contributed by atoms with Crippen LogP contribution in [0.4, 0.5) is 0 Å². The lowest BCUT2D eigenvalue weighted by molar-refractivity contribution is 0.243. The Labute approximate surface area is 110 Å². The summed E-state index contributed by atoms with van der Waals surface area (Å²) in [6.45, 7) is 2.75.